The summed E-state index contributed by atoms with van der Waals surface area (Å²) in [6, 6.07) is 4.45. The lowest BCUT2D eigenvalue weighted by Gasteiger charge is -2.26. The van der Waals surface area contributed by atoms with Crippen molar-refractivity contribution in [2.24, 2.45) is 17.6 Å². The molecule has 2 N–H and O–H groups in total. The van der Waals surface area contributed by atoms with Gasteiger partial charge in [-0.15, -0.1) is 11.3 Å². The van der Waals surface area contributed by atoms with Gasteiger partial charge in [0, 0.05) is 18.0 Å². The van der Waals surface area contributed by atoms with Crippen molar-refractivity contribution in [1.82, 2.24) is 4.90 Å². The summed E-state index contributed by atoms with van der Waals surface area (Å²) in [5.74, 6) is 1.59. The summed E-state index contributed by atoms with van der Waals surface area (Å²) in [5.41, 5.74) is 5.94. The first-order valence-electron chi connectivity index (χ1n) is 6.31. The van der Waals surface area contributed by atoms with Crippen LogP contribution in [0, 0.1) is 11.8 Å². The fourth-order valence-electron chi connectivity index (χ4n) is 2.60. The van der Waals surface area contributed by atoms with Crippen LogP contribution in [0.5, 0.6) is 0 Å². The lowest BCUT2D eigenvalue weighted by molar-refractivity contribution is 0.235. The second kappa shape index (κ2) is 5.70. The average Bonchev–Trinajstić information content (AvgIpc) is 2.89. The molecule has 0 bridgehead atoms. The molecule has 0 aliphatic carbocycles. The molecule has 2 unspecified atom stereocenters. The van der Waals surface area contributed by atoms with Gasteiger partial charge in [-0.2, -0.15) is 0 Å². The highest BCUT2D eigenvalue weighted by Gasteiger charge is 2.30. The summed E-state index contributed by atoms with van der Waals surface area (Å²) < 4.78 is 0.859. The SMILES string of the molecule is CC(C)C1CCN(C(CN)c2ccc(Cl)s2)C1. The van der Waals surface area contributed by atoms with E-state index in [0.717, 1.165) is 16.2 Å². The minimum Gasteiger partial charge on any atom is -0.329 e. The largest absolute Gasteiger partial charge is 0.329 e. The molecule has 2 nitrogen and oxygen atoms in total. The molecule has 4 heteroatoms. The van der Waals surface area contributed by atoms with Gasteiger partial charge in [0.15, 0.2) is 0 Å². The second-order valence-electron chi connectivity index (χ2n) is 5.18. The van der Waals surface area contributed by atoms with E-state index in [1.807, 2.05) is 6.07 Å². The Labute approximate surface area is 113 Å². The number of rotatable bonds is 4. The summed E-state index contributed by atoms with van der Waals surface area (Å²) in [6.07, 6.45) is 1.30. The van der Waals surface area contributed by atoms with Crippen LogP contribution in [0.2, 0.25) is 4.34 Å². The average molecular weight is 273 g/mol. The normalized spacial score (nSPS) is 23.5. The predicted molar refractivity (Wildman–Crippen MR) is 75.6 cm³/mol. The molecular weight excluding hydrogens is 252 g/mol. The maximum Gasteiger partial charge on any atom is 0.0931 e. The van der Waals surface area contributed by atoms with Gasteiger partial charge in [-0.1, -0.05) is 25.4 Å². The Bertz CT molecular complexity index is 364. The van der Waals surface area contributed by atoms with Crippen molar-refractivity contribution >= 4 is 22.9 Å². The van der Waals surface area contributed by atoms with E-state index >= 15 is 0 Å². The third kappa shape index (κ3) is 3.02. The Morgan fingerprint density at radius 2 is 2.29 bits per heavy atom. The van der Waals surface area contributed by atoms with Crippen molar-refractivity contribution in [3.63, 3.8) is 0 Å². The fourth-order valence-corrected chi connectivity index (χ4v) is 3.80. The molecule has 0 aromatic carbocycles. The van der Waals surface area contributed by atoms with Gasteiger partial charge in [-0.3, -0.25) is 4.90 Å². The molecule has 2 heterocycles. The molecule has 1 saturated heterocycles. The summed E-state index contributed by atoms with van der Waals surface area (Å²) in [6.45, 7) is 7.65. The van der Waals surface area contributed by atoms with Gasteiger partial charge in [0.25, 0.3) is 0 Å². The summed E-state index contributed by atoms with van der Waals surface area (Å²) in [5, 5.41) is 0. The molecule has 2 rings (SSSR count). The van der Waals surface area contributed by atoms with E-state index in [0.29, 0.717) is 12.6 Å². The highest BCUT2D eigenvalue weighted by molar-refractivity contribution is 7.16. The molecule has 0 amide bonds. The van der Waals surface area contributed by atoms with Crippen LogP contribution in [0.4, 0.5) is 0 Å². The quantitative estimate of drug-likeness (QED) is 0.911. The topological polar surface area (TPSA) is 29.3 Å². The first kappa shape index (κ1) is 13.3. The summed E-state index contributed by atoms with van der Waals surface area (Å²) >= 11 is 7.67. The molecule has 1 aliphatic heterocycles. The van der Waals surface area contributed by atoms with Crippen LogP contribution in [0.3, 0.4) is 0 Å². The monoisotopic (exact) mass is 272 g/mol. The number of thiophene rings is 1. The smallest absolute Gasteiger partial charge is 0.0931 e. The van der Waals surface area contributed by atoms with E-state index in [9.17, 15) is 0 Å². The highest BCUT2D eigenvalue weighted by Crippen LogP contribution is 2.34. The van der Waals surface area contributed by atoms with Gasteiger partial charge in [-0.25, -0.2) is 0 Å². The number of nitrogens with two attached hydrogens (primary N) is 1. The van der Waals surface area contributed by atoms with Crippen molar-refractivity contribution < 1.29 is 0 Å². The first-order chi connectivity index (χ1) is 8.11. The van der Waals surface area contributed by atoms with Crippen molar-refractivity contribution in [1.29, 1.82) is 0 Å². The third-order valence-corrected chi connectivity index (χ3v) is 5.12. The Morgan fingerprint density at radius 1 is 1.53 bits per heavy atom. The van der Waals surface area contributed by atoms with Crippen molar-refractivity contribution in [2.45, 2.75) is 26.3 Å². The zero-order chi connectivity index (χ0) is 12.4. The zero-order valence-electron chi connectivity index (χ0n) is 10.5. The molecule has 1 fully saturated rings. The van der Waals surface area contributed by atoms with Crippen LogP contribution < -0.4 is 5.73 Å². The number of halogens is 1. The minimum absolute atomic E-state index is 0.358. The lowest BCUT2D eigenvalue weighted by Crippen LogP contribution is -2.32. The van der Waals surface area contributed by atoms with Crippen LogP contribution in [0.25, 0.3) is 0 Å². The Balaban J connectivity index is 2.05. The fraction of sp³-hybridized carbons (Fsp3) is 0.692. The van der Waals surface area contributed by atoms with E-state index < -0.39 is 0 Å². The second-order valence-corrected chi connectivity index (χ2v) is 6.93. The van der Waals surface area contributed by atoms with E-state index in [-0.39, 0.29) is 0 Å². The van der Waals surface area contributed by atoms with Crippen LogP contribution in [0.15, 0.2) is 12.1 Å². The van der Waals surface area contributed by atoms with Crippen molar-refractivity contribution in [2.75, 3.05) is 19.6 Å². The van der Waals surface area contributed by atoms with E-state index in [4.69, 9.17) is 17.3 Å². The third-order valence-electron chi connectivity index (χ3n) is 3.79. The van der Waals surface area contributed by atoms with Gasteiger partial charge < -0.3 is 5.73 Å². The van der Waals surface area contributed by atoms with Gasteiger partial charge in [0.1, 0.15) is 0 Å². The molecule has 1 aromatic rings. The van der Waals surface area contributed by atoms with Crippen LogP contribution >= 0.6 is 22.9 Å². The van der Waals surface area contributed by atoms with Crippen LogP contribution in [-0.2, 0) is 0 Å². The molecule has 1 aromatic heterocycles. The zero-order valence-corrected chi connectivity index (χ0v) is 12.1. The predicted octanol–water partition coefficient (Wildman–Crippen LogP) is 3.38. The molecule has 96 valence electrons. The standard InChI is InChI=1S/C13H21ClN2S/c1-9(2)10-5-6-16(8-10)11(7-15)12-3-4-13(14)17-12/h3-4,9-11H,5-8,15H2,1-2H3. The number of hydrogen-bond donors (Lipinski definition) is 1. The Hall–Kier alpha value is -0.0900. The molecule has 1 aliphatic rings. The van der Waals surface area contributed by atoms with Gasteiger partial charge in [0.2, 0.25) is 0 Å². The molecule has 0 spiro atoms. The van der Waals surface area contributed by atoms with Gasteiger partial charge in [-0.05, 0) is 36.9 Å². The minimum atomic E-state index is 0.358. The number of likely N-dealkylation sites (tertiary alicyclic amines) is 1. The van der Waals surface area contributed by atoms with Crippen LogP contribution in [-0.4, -0.2) is 24.5 Å². The maximum atomic E-state index is 6.01. The maximum absolute atomic E-state index is 6.01. The number of nitrogens with zero attached hydrogens (tertiary/aromatic N) is 1. The first-order valence-corrected chi connectivity index (χ1v) is 7.50. The Kier molecular flexibility index (Phi) is 4.47. The van der Waals surface area contributed by atoms with E-state index in [2.05, 4.69) is 24.8 Å². The van der Waals surface area contributed by atoms with Gasteiger partial charge >= 0.3 is 0 Å². The summed E-state index contributed by atoms with van der Waals surface area (Å²) in [4.78, 5) is 3.83. The molecular formula is C13H21ClN2S. The molecule has 0 radical (unpaired) electrons. The number of hydrogen-bond acceptors (Lipinski definition) is 3. The van der Waals surface area contributed by atoms with Gasteiger partial charge in [0.05, 0.1) is 10.4 Å². The van der Waals surface area contributed by atoms with Crippen molar-refractivity contribution in [3.05, 3.63) is 21.3 Å². The molecule has 2 atom stereocenters. The Morgan fingerprint density at radius 3 is 2.76 bits per heavy atom. The van der Waals surface area contributed by atoms with Crippen LogP contribution in [0.1, 0.15) is 31.2 Å². The highest BCUT2D eigenvalue weighted by atomic mass is 35.5. The summed E-state index contributed by atoms with van der Waals surface area (Å²) in [7, 11) is 0. The molecule has 0 saturated carbocycles. The van der Waals surface area contributed by atoms with Crippen molar-refractivity contribution in [3.8, 4) is 0 Å². The molecule has 17 heavy (non-hydrogen) atoms. The van der Waals surface area contributed by atoms with E-state index in [1.165, 1.54) is 24.4 Å². The van der Waals surface area contributed by atoms with E-state index in [1.54, 1.807) is 11.3 Å². The lowest BCUT2D eigenvalue weighted by atomic mass is 9.95.